The number of carbonyl (C=O) groups is 2. The molecule has 0 aliphatic rings. The van der Waals surface area contributed by atoms with Crippen LogP contribution in [0.15, 0.2) is 18.2 Å². The van der Waals surface area contributed by atoms with Crippen LogP contribution in [0.5, 0.6) is 0 Å². The van der Waals surface area contributed by atoms with E-state index < -0.39 is 17.5 Å². The molecule has 0 aliphatic carbocycles. The highest BCUT2D eigenvalue weighted by Gasteiger charge is 2.33. The second-order valence-electron chi connectivity index (χ2n) is 4.95. The first-order valence-electron chi connectivity index (χ1n) is 6.37. The Morgan fingerprint density at radius 1 is 1.40 bits per heavy atom. The van der Waals surface area contributed by atoms with E-state index in [1.807, 2.05) is 19.9 Å². The topological polar surface area (TPSA) is 78.4 Å². The average Bonchev–Trinajstić information content (AvgIpc) is 2.33. The van der Waals surface area contributed by atoms with Gasteiger partial charge in [0, 0.05) is 0 Å². The van der Waals surface area contributed by atoms with Gasteiger partial charge >= 0.3 is 12.0 Å². The molecule has 5 nitrogen and oxygen atoms in total. The Hall–Kier alpha value is -1.75. The second kappa shape index (κ2) is 6.61. The molecular formula is C14H19ClN2O3. The van der Waals surface area contributed by atoms with Gasteiger partial charge in [0.25, 0.3) is 0 Å². The number of rotatable bonds is 5. The summed E-state index contributed by atoms with van der Waals surface area (Å²) in [5, 5.41) is 14.7. The summed E-state index contributed by atoms with van der Waals surface area (Å²) in [6.07, 6.45) is 0.992. The minimum absolute atomic E-state index is 0.345. The zero-order valence-corrected chi connectivity index (χ0v) is 12.5. The zero-order valence-electron chi connectivity index (χ0n) is 11.8. The zero-order chi connectivity index (χ0) is 15.3. The summed E-state index contributed by atoms with van der Waals surface area (Å²) in [7, 11) is 0. The number of aryl methyl sites for hydroxylation is 1. The Kier molecular flexibility index (Phi) is 5.39. The Morgan fingerprint density at radius 2 is 2.05 bits per heavy atom. The SMILES string of the molecule is CCCC(C)(NC(=O)Nc1cc(C)ccc1Cl)C(=O)O. The van der Waals surface area contributed by atoms with Gasteiger partial charge in [0.05, 0.1) is 10.7 Å². The fraction of sp³-hybridized carbons (Fsp3) is 0.429. The van der Waals surface area contributed by atoms with Gasteiger partial charge in [-0.3, -0.25) is 0 Å². The van der Waals surface area contributed by atoms with Gasteiger partial charge in [0.15, 0.2) is 0 Å². The number of hydrogen-bond acceptors (Lipinski definition) is 2. The van der Waals surface area contributed by atoms with E-state index in [1.165, 1.54) is 6.92 Å². The van der Waals surface area contributed by atoms with E-state index in [2.05, 4.69) is 10.6 Å². The van der Waals surface area contributed by atoms with Crippen LogP contribution >= 0.6 is 11.6 Å². The third-order valence-corrected chi connectivity index (χ3v) is 3.31. The summed E-state index contributed by atoms with van der Waals surface area (Å²) in [4.78, 5) is 23.2. The van der Waals surface area contributed by atoms with Crippen LogP contribution < -0.4 is 10.6 Å². The molecule has 3 N–H and O–H groups in total. The van der Waals surface area contributed by atoms with Crippen LogP contribution in [0.2, 0.25) is 5.02 Å². The number of anilines is 1. The quantitative estimate of drug-likeness (QED) is 0.779. The van der Waals surface area contributed by atoms with E-state index in [4.69, 9.17) is 11.6 Å². The van der Waals surface area contributed by atoms with Crippen LogP contribution in [-0.4, -0.2) is 22.6 Å². The summed E-state index contributed by atoms with van der Waals surface area (Å²) in [5.74, 6) is -1.06. The van der Waals surface area contributed by atoms with Gasteiger partial charge in [0.2, 0.25) is 0 Å². The van der Waals surface area contributed by atoms with Crippen molar-refractivity contribution in [2.75, 3.05) is 5.32 Å². The largest absolute Gasteiger partial charge is 0.480 e. The Morgan fingerprint density at radius 3 is 2.60 bits per heavy atom. The molecule has 0 fully saturated rings. The molecule has 110 valence electrons. The summed E-state index contributed by atoms with van der Waals surface area (Å²) in [5.41, 5.74) is 0.0995. The van der Waals surface area contributed by atoms with Crippen molar-refractivity contribution in [1.82, 2.24) is 5.32 Å². The van der Waals surface area contributed by atoms with E-state index in [1.54, 1.807) is 12.1 Å². The summed E-state index contributed by atoms with van der Waals surface area (Å²) < 4.78 is 0. The van der Waals surface area contributed by atoms with Crippen molar-refractivity contribution >= 4 is 29.3 Å². The fourth-order valence-electron chi connectivity index (χ4n) is 1.86. The molecule has 1 aromatic rings. The molecule has 0 heterocycles. The maximum absolute atomic E-state index is 11.9. The smallest absolute Gasteiger partial charge is 0.329 e. The molecule has 20 heavy (non-hydrogen) atoms. The van der Waals surface area contributed by atoms with Crippen LogP contribution in [0.3, 0.4) is 0 Å². The van der Waals surface area contributed by atoms with E-state index in [0.717, 1.165) is 5.56 Å². The van der Waals surface area contributed by atoms with Gasteiger partial charge in [-0.1, -0.05) is 31.0 Å². The van der Waals surface area contributed by atoms with Crippen molar-refractivity contribution in [3.05, 3.63) is 28.8 Å². The van der Waals surface area contributed by atoms with Crippen LogP contribution in [-0.2, 0) is 4.79 Å². The number of nitrogens with one attached hydrogen (secondary N) is 2. The molecule has 0 radical (unpaired) electrons. The van der Waals surface area contributed by atoms with Gasteiger partial charge in [0.1, 0.15) is 5.54 Å². The number of halogens is 1. The third-order valence-electron chi connectivity index (χ3n) is 2.98. The summed E-state index contributed by atoms with van der Waals surface area (Å²) in [6.45, 7) is 5.21. The number of carboxylic acids is 1. The molecule has 1 unspecified atom stereocenters. The van der Waals surface area contributed by atoms with E-state index in [0.29, 0.717) is 23.6 Å². The highest BCUT2D eigenvalue weighted by atomic mass is 35.5. The maximum Gasteiger partial charge on any atom is 0.329 e. The van der Waals surface area contributed by atoms with Crippen LogP contribution in [0.1, 0.15) is 32.3 Å². The van der Waals surface area contributed by atoms with E-state index in [-0.39, 0.29) is 0 Å². The molecule has 0 saturated heterocycles. The molecular weight excluding hydrogens is 280 g/mol. The van der Waals surface area contributed by atoms with Crippen LogP contribution in [0.4, 0.5) is 10.5 Å². The first-order valence-corrected chi connectivity index (χ1v) is 6.75. The molecule has 1 rings (SSSR count). The number of urea groups is 1. The van der Waals surface area contributed by atoms with Crippen LogP contribution in [0, 0.1) is 6.92 Å². The molecule has 0 aromatic heterocycles. The van der Waals surface area contributed by atoms with Gasteiger partial charge in [-0.05, 0) is 38.0 Å². The number of aliphatic carboxylic acids is 1. The molecule has 1 aromatic carbocycles. The Bertz CT molecular complexity index is 519. The molecule has 2 amide bonds. The van der Waals surface area contributed by atoms with E-state index in [9.17, 15) is 14.7 Å². The van der Waals surface area contributed by atoms with Gasteiger partial charge in [-0.25, -0.2) is 9.59 Å². The van der Waals surface area contributed by atoms with Crippen molar-refractivity contribution in [3.8, 4) is 0 Å². The second-order valence-corrected chi connectivity index (χ2v) is 5.36. The minimum Gasteiger partial charge on any atom is -0.480 e. The maximum atomic E-state index is 11.9. The lowest BCUT2D eigenvalue weighted by molar-refractivity contribution is -0.143. The van der Waals surface area contributed by atoms with Crippen LogP contribution in [0.25, 0.3) is 0 Å². The average molecular weight is 299 g/mol. The van der Waals surface area contributed by atoms with E-state index >= 15 is 0 Å². The standard InChI is InChI=1S/C14H19ClN2O3/c1-4-7-14(3,12(18)19)17-13(20)16-11-8-9(2)5-6-10(11)15/h5-6,8H,4,7H2,1-3H3,(H,18,19)(H2,16,17,20). The first kappa shape index (κ1) is 16.3. The molecule has 0 bridgehead atoms. The predicted octanol–water partition coefficient (Wildman–Crippen LogP) is 3.41. The predicted molar refractivity (Wildman–Crippen MR) is 79.3 cm³/mol. The number of benzene rings is 1. The molecule has 0 aliphatic heterocycles. The highest BCUT2D eigenvalue weighted by molar-refractivity contribution is 6.33. The number of amides is 2. The number of carbonyl (C=O) groups excluding carboxylic acids is 1. The first-order chi connectivity index (χ1) is 9.28. The monoisotopic (exact) mass is 298 g/mol. The fourth-order valence-corrected chi connectivity index (χ4v) is 2.03. The third kappa shape index (κ3) is 4.13. The molecule has 6 heteroatoms. The summed E-state index contributed by atoms with van der Waals surface area (Å²) in [6, 6.07) is 4.63. The van der Waals surface area contributed by atoms with Crippen molar-refractivity contribution in [2.45, 2.75) is 39.2 Å². The Balaban J connectivity index is 2.81. The molecule has 0 saturated carbocycles. The van der Waals surface area contributed by atoms with Gasteiger partial charge < -0.3 is 15.7 Å². The lowest BCUT2D eigenvalue weighted by Crippen LogP contribution is -2.53. The number of carboxylic acid groups (broad SMARTS) is 1. The van der Waals surface area contributed by atoms with Gasteiger partial charge in [-0.15, -0.1) is 0 Å². The normalized spacial score (nSPS) is 13.4. The van der Waals surface area contributed by atoms with Gasteiger partial charge in [-0.2, -0.15) is 0 Å². The Labute approximate surface area is 123 Å². The minimum atomic E-state index is -1.30. The molecule has 0 spiro atoms. The number of hydrogen-bond donors (Lipinski definition) is 3. The summed E-state index contributed by atoms with van der Waals surface area (Å²) >= 11 is 5.98. The lowest BCUT2D eigenvalue weighted by atomic mass is 9.97. The van der Waals surface area contributed by atoms with Crippen molar-refractivity contribution < 1.29 is 14.7 Å². The lowest BCUT2D eigenvalue weighted by Gasteiger charge is -2.26. The molecule has 1 atom stereocenters. The van der Waals surface area contributed by atoms with Crippen molar-refractivity contribution in [3.63, 3.8) is 0 Å². The highest BCUT2D eigenvalue weighted by Crippen LogP contribution is 2.23. The van der Waals surface area contributed by atoms with Crippen molar-refractivity contribution in [2.24, 2.45) is 0 Å². The van der Waals surface area contributed by atoms with Crippen molar-refractivity contribution in [1.29, 1.82) is 0 Å².